The van der Waals surface area contributed by atoms with Crippen LogP contribution in [0.2, 0.25) is 0 Å². The third-order valence-electron chi connectivity index (χ3n) is 5.14. The molecule has 31 heavy (non-hydrogen) atoms. The zero-order valence-corrected chi connectivity index (χ0v) is 19.2. The van der Waals surface area contributed by atoms with Crippen LogP contribution in [0.3, 0.4) is 0 Å². The van der Waals surface area contributed by atoms with Crippen molar-refractivity contribution in [2.75, 3.05) is 20.3 Å². The SMILES string of the molecule is CCNC(=O)C(CC)N(Cc1ccc(OC)cc1)C(=O)COc1ccccc1C(C)C. The van der Waals surface area contributed by atoms with E-state index < -0.39 is 6.04 Å². The van der Waals surface area contributed by atoms with E-state index in [1.165, 1.54) is 0 Å². The van der Waals surface area contributed by atoms with Crippen molar-refractivity contribution < 1.29 is 19.1 Å². The molecule has 1 unspecified atom stereocenters. The standard InChI is InChI=1S/C25H34N2O4/c1-6-22(25(29)26-7-2)27(16-19-12-14-20(30-5)15-13-19)24(28)17-31-23-11-9-8-10-21(23)18(3)4/h8-15,18,22H,6-7,16-17H2,1-5H3,(H,26,29). The fraction of sp³-hybridized carbons (Fsp3) is 0.440. The number of likely N-dealkylation sites (N-methyl/N-ethyl adjacent to an activating group) is 1. The number of methoxy groups -OCH3 is 1. The van der Waals surface area contributed by atoms with Gasteiger partial charge in [-0.15, -0.1) is 0 Å². The molecule has 2 aromatic rings. The molecule has 0 radical (unpaired) electrons. The zero-order valence-electron chi connectivity index (χ0n) is 19.2. The number of amides is 2. The molecule has 0 bridgehead atoms. The smallest absolute Gasteiger partial charge is 0.261 e. The molecule has 0 fully saturated rings. The summed E-state index contributed by atoms with van der Waals surface area (Å²) >= 11 is 0. The van der Waals surface area contributed by atoms with Gasteiger partial charge in [0.15, 0.2) is 6.61 Å². The molecule has 0 saturated carbocycles. The predicted molar refractivity (Wildman–Crippen MR) is 122 cm³/mol. The number of para-hydroxylation sites is 1. The number of rotatable bonds is 11. The van der Waals surface area contributed by atoms with Crippen LogP contribution in [0.15, 0.2) is 48.5 Å². The number of carbonyl (C=O) groups excluding carboxylic acids is 2. The minimum absolute atomic E-state index is 0.129. The Morgan fingerprint density at radius 3 is 2.29 bits per heavy atom. The molecule has 0 saturated heterocycles. The lowest BCUT2D eigenvalue weighted by molar-refractivity contribution is -0.142. The highest BCUT2D eigenvalue weighted by Gasteiger charge is 2.28. The molecule has 0 aliphatic carbocycles. The average Bonchev–Trinajstić information content (AvgIpc) is 2.78. The van der Waals surface area contributed by atoms with Gasteiger partial charge in [-0.2, -0.15) is 0 Å². The summed E-state index contributed by atoms with van der Waals surface area (Å²) in [7, 11) is 1.61. The number of carbonyl (C=O) groups is 2. The fourth-order valence-corrected chi connectivity index (χ4v) is 3.45. The Morgan fingerprint density at radius 2 is 1.71 bits per heavy atom. The third-order valence-corrected chi connectivity index (χ3v) is 5.14. The van der Waals surface area contributed by atoms with E-state index in [0.717, 1.165) is 16.9 Å². The van der Waals surface area contributed by atoms with E-state index in [0.29, 0.717) is 25.3 Å². The minimum Gasteiger partial charge on any atom is -0.497 e. The molecule has 2 aromatic carbocycles. The van der Waals surface area contributed by atoms with Crippen LogP contribution >= 0.6 is 0 Å². The van der Waals surface area contributed by atoms with Crippen LogP contribution < -0.4 is 14.8 Å². The second-order valence-electron chi connectivity index (χ2n) is 7.67. The Kier molecular flexibility index (Phi) is 9.38. The molecule has 2 rings (SSSR count). The van der Waals surface area contributed by atoms with Crippen LogP contribution in [0.4, 0.5) is 0 Å². The summed E-state index contributed by atoms with van der Waals surface area (Å²) in [6, 6.07) is 14.7. The van der Waals surface area contributed by atoms with Crippen molar-refractivity contribution in [1.82, 2.24) is 10.2 Å². The van der Waals surface area contributed by atoms with Crippen molar-refractivity contribution in [3.05, 3.63) is 59.7 Å². The van der Waals surface area contributed by atoms with Gasteiger partial charge in [-0.1, -0.05) is 51.1 Å². The molecule has 6 heteroatoms. The molecule has 0 aliphatic rings. The van der Waals surface area contributed by atoms with Crippen LogP contribution in [-0.4, -0.2) is 43.0 Å². The monoisotopic (exact) mass is 426 g/mol. The molecule has 0 heterocycles. The van der Waals surface area contributed by atoms with Gasteiger partial charge < -0.3 is 19.7 Å². The highest BCUT2D eigenvalue weighted by atomic mass is 16.5. The highest BCUT2D eigenvalue weighted by Crippen LogP contribution is 2.26. The fourth-order valence-electron chi connectivity index (χ4n) is 3.45. The van der Waals surface area contributed by atoms with Crippen LogP contribution in [0.25, 0.3) is 0 Å². The van der Waals surface area contributed by atoms with Crippen LogP contribution in [0.5, 0.6) is 11.5 Å². The molecule has 0 aliphatic heterocycles. The topological polar surface area (TPSA) is 67.9 Å². The van der Waals surface area contributed by atoms with E-state index in [-0.39, 0.29) is 24.3 Å². The van der Waals surface area contributed by atoms with Crippen LogP contribution in [-0.2, 0) is 16.1 Å². The maximum atomic E-state index is 13.2. The Morgan fingerprint density at radius 1 is 1.03 bits per heavy atom. The minimum atomic E-state index is -0.571. The Labute approximate surface area is 185 Å². The van der Waals surface area contributed by atoms with Gasteiger partial charge in [0.1, 0.15) is 17.5 Å². The molecule has 2 amide bonds. The second-order valence-corrected chi connectivity index (χ2v) is 7.67. The number of nitrogens with one attached hydrogen (secondary N) is 1. The van der Waals surface area contributed by atoms with Crippen molar-refractivity contribution in [2.45, 2.75) is 52.6 Å². The van der Waals surface area contributed by atoms with Gasteiger partial charge in [0.05, 0.1) is 7.11 Å². The molecular weight excluding hydrogens is 392 g/mol. The molecule has 0 aromatic heterocycles. The van der Waals surface area contributed by atoms with Gasteiger partial charge in [0, 0.05) is 13.1 Å². The number of ether oxygens (including phenoxy) is 2. The van der Waals surface area contributed by atoms with Crippen molar-refractivity contribution >= 4 is 11.8 Å². The lowest BCUT2D eigenvalue weighted by Gasteiger charge is -2.30. The lowest BCUT2D eigenvalue weighted by Crippen LogP contribution is -2.50. The number of hydrogen-bond acceptors (Lipinski definition) is 4. The van der Waals surface area contributed by atoms with Crippen molar-refractivity contribution in [3.63, 3.8) is 0 Å². The molecule has 168 valence electrons. The molecule has 6 nitrogen and oxygen atoms in total. The zero-order chi connectivity index (χ0) is 22.8. The van der Waals surface area contributed by atoms with Gasteiger partial charge in [0.25, 0.3) is 5.91 Å². The summed E-state index contributed by atoms with van der Waals surface area (Å²) in [5, 5.41) is 2.84. The van der Waals surface area contributed by atoms with Crippen LogP contribution in [0.1, 0.15) is 51.2 Å². The largest absolute Gasteiger partial charge is 0.497 e. The Bertz CT molecular complexity index is 849. The maximum Gasteiger partial charge on any atom is 0.261 e. The first-order valence-corrected chi connectivity index (χ1v) is 10.8. The van der Waals surface area contributed by atoms with Crippen molar-refractivity contribution in [1.29, 1.82) is 0 Å². The van der Waals surface area contributed by atoms with E-state index in [2.05, 4.69) is 19.2 Å². The highest BCUT2D eigenvalue weighted by molar-refractivity contribution is 5.88. The van der Waals surface area contributed by atoms with E-state index in [1.807, 2.05) is 62.4 Å². The normalized spacial score (nSPS) is 11.7. The first-order chi connectivity index (χ1) is 14.9. The number of hydrogen-bond donors (Lipinski definition) is 1. The van der Waals surface area contributed by atoms with Gasteiger partial charge in [-0.3, -0.25) is 9.59 Å². The second kappa shape index (κ2) is 12.0. The average molecular weight is 427 g/mol. The van der Waals surface area contributed by atoms with Gasteiger partial charge >= 0.3 is 0 Å². The summed E-state index contributed by atoms with van der Waals surface area (Å²) in [5.74, 6) is 1.33. The van der Waals surface area contributed by atoms with Crippen LogP contribution in [0, 0.1) is 0 Å². The summed E-state index contributed by atoms with van der Waals surface area (Å²) in [6.45, 7) is 8.64. The lowest BCUT2D eigenvalue weighted by atomic mass is 10.0. The number of benzene rings is 2. The Hall–Kier alpha value is -3.02. The summed E-state index contributed by atoms with van der Waals surface area (Å²) in [5.41, 5.74) is 1.97. The quantitative estimate of drug-likeness (QED) is 0.586. The summed E-state index contributed by atoms with van der Waals surface area (Å²) in [6.07, 6.45) is 0.510. The number of nitrogens with zero attached hydrogens (tertiary/aromatic N) is 1. The van der Waals surface area contributed by atoms with Gasteiger partial charge in [-0.25, -0.2) is 0 Å². The van der Waals surface area contributed by atoms with Crippen molar-refractivity contribution in [3.8, 4) is 11.5 Å². The summed E-state index contributed by atoms with van der Waals surface area (Å²) in [4.78, 5) is 27.5. The van der Waals surface area contributed by atoms with E-state index >= 15 is 0 Å². The van der Waals surface area contributed by atoms with E-state index in [4.69, 9.17) is 9.47 Å². The predicted octanol–water partition coefficient (Wildman–Crippen LogP) is 4.14. The maximum absolute atomic E-state index is 13.2. The van der Waals surface area contributed by atoms with E-state index in [1.54, 1.807) is 12.0 Å². The molecule has 1 N–H and O–H groups in total. The first kappa shape index (κ1) is 24.3. The van der Waals surface area contributed by atoms with Crippen molar-refractivity contribution in [2.24, 2.45) is 0 Å². The Balaban J connectivity index is 2.23. The molecule has 0 spiro atoms. The van der Waals surface area contributed by atoms with Gasteiger partial charge in [0.2, 0.25) is 5.91 Å². The first-order valence-electron chi connectivity index (χ1n) is 10.8. The third kappa shape index (κ3) is 6.74. The molecular formula is C25H34N2O4. The summed E-state index contributed by atoms with van der Waals surface area (Å²) < 4.78 is 11.1. The van der Waals surface area contributed by atoms with E-state index in [9.17, 15) is 9.59 Å². The molecule has 1 atom stereocenters. The van der Waals surface area contributed by atoms with Gasteiger partial charge in [-0.05, 0) is 48.6 Å².